The summed E-state index contributed by atoms with van der Waals surface area (Å²) in [7, 11) is 0. The lowest BCUT2D eigenvalue weighted by Gasteiger charge is -2.22. The van der Waals surface area contributed by atoms with Gasteiger partial charge in [-0.25, -0.2) is 5.01 Å². The minimum Gasteiger partial charge on any atom is -0.508 e. The molecule has 1 aliphatic rings. The van der Waals surface area contributed by atoms with E-state index in [1.54, 1.807) is 67.0 Å². The number of para-hydroxylation sites is 1. The number of hydrogen-bond donors (Lipinski definition) is 2. The molecule has 6 nitrogen and oxygen atoms in total. The Morgan fingerprint density at radius 3 is 2.37 bits per heavy atom. The van der Waals surface area contributed by atoms with Crippen LogP contribution < -0.4 is 0 Å². The standard InChI is InChI=1S/C21H17N3O3/c25-16-7-5-14(6-8-16)19-13-18(17-3-1-2-4-20(17)26)23-24(19)21(27)15-9-11-22-12-10-15/h1-12,19,25-26H,13H2/t19-/m0/s1. The van der Waals surface area contributed by atoms with Crippen molar-refractivity contribution in [1.29, 1.82) is 0 Å². The molecule has 1 aromatic heterocycles. The van der Waals surface area contributed by atoms with Crippen LogP contribution in [0, 0.1) is 0 Å². The van der Waals surface area contributed by atoms with E-state index in [9.17, 15) is 15.0 Å². The first kappa shape index (κ1) is 16.8. The molecule has 0 unspecified atom stereocenters. The number of aromatic nitrogens is 1. The molecule has 3 aromatic rings. The summed E-state index contributed by atoms with van der Waals surface area (Å²) in [6.07, 6.45) is 3.58. The third-order valence-electron chi connectivity index (χ3n) is 4.54. The van der Waals surface area contributed by atoms with Gasteiger partial charge in [-0.2, -0.15) is 5.10 Å². The number of rotatable bonds is 3. The summed E-state index contributed by atoms with van der Waals surface area (Å²) in [5.41, 5.74) is 2.57. The summed E-state index contributed by atoms with van der Waals surface area (Å²) in [6, 6.07) is 16.6. The molecule has 0 spiro atoms. The molecule has 0 saturated carbocycles. The Bertz CT molecular complexity index is 1000. The predicted molar refractivity (Wildman–Crippen MR) is 101 cm³/mol. The average molecular weight is 359 g/mol. The highest BCUT2D eigenvalue weighted by molar-refractivity contribution is 6.06. The van der Waals surface area contributed by atoms with E-state index in [1.165, 1.54) is 5.01 Å². The molecule has 1 aliphatic heterocycles. The van der Waals surface area contributed by atoms with Gasteiger partial charge in [-0.15, -0.1) is 0 Å². The number of nitrogens with zero attached hydrogens (tertiary/aromatic N) is 3. The Morgan fingerprint density at radius 2 is 1.67 bits per heavy atom. The van der Waals surface area contributed by atoms with Crippen LogP contribution >= 0.6 is 0 Å². The molecule has 2 N–H and O–H groups in total. The number of carbonyl (C=O) groups excluding carboxylic acids is 1. The van der Waals surface area contributed by atoms with Crippen molar-refractivity contribution in [1.82, 2.24) is 9.99 Å². The molecule has 0 fully saturated rings. The Morgan fingerprint density at radius 1 is 0.963 bits per heavy atom. The number of hydrogen-bond acceptors (Lipinski definition) is 5. The fraction of sp³-hybridized carbons (Fsp3) is 0.0952. The molecule has 134 valence electrons. The zero-order valence-corrected chi connectivity index (χ0v) is 14.4. The predicted octanol–water partition coefficient (Wildman–Crippen LogP) is 3.48. The van der Waals surface area contributed by atoms with E-state index in [1.807, 2.05) is 6.07 Å². The van der Waals surface area contributed by atoms with Gasteiger partial charge >= 0.3 is 0 Å². The third kappa shape index (κ3) is 3.25. The van der Waals surface area contributed by atoms with Crippen molar-refractivity contribution in [2.45, 2.75) is 12.5 Å². The lowest BCUT2D eigenvalue weighted by atomic mass is 9.97. The van der Waals surface area contributed by atoms with Gasteiger partial charge in [-0.3, -0.25) is 9.78 Å². The van der Waals surface area contributed by atoms with E-state index >= 15 is 0 Å². The van der Waals surface area contributed by atoms with Crippen molar-refractivity contribution in [2.24, 2.45) is 5.10 Å². The molecule has 1 atom stereocenters. The van der Waals surface area contributed by atoms with E-state index in [0.717, 1.165) is 5.56 Å². The van der Waals surface area contributed by atoms with Crippen LogP contribution in [-0.4, -0.2) is 31.8 Å². The van der Waals surface area contributed by atoms with Gasteiger partial charge < -0.3 is 10.2 Å². The summed E-state index contributed by atoms with van der Waals surface area (Å²) < 4.78 is 0. The number of benzene rings is 2. The molecule has 2 aromatic carbocycles. The second kappa shape index (κ2) is 6.92. The zero-order valence-electron chi connectivity index (χ0n) is 14.4. The van der Waals surface area contributed by atoms with Crippen molar-refractivity contribution < 1.29 is 15.0 Å². The first-order chi connectivity index (χ1) is 13.1. The van der Waals surface area contributed by atoms with Crippen LogP contribution in [0.5, 0.6) is 11.5 Å². The highest BCUT2D eigenvalue weighted by Crippen LogP contribution is 2.36. The molecule has 0 radical (unpaired) electrons. The lowest BCUT2D eigenvalue weighted by molar-refractivity contribution is 0.0711. The fourth-order valence-electron chi connectivity index (χ4n) is 3.16. The minimum absolute atomic E-state index is 0.124. The SMILES string of the molecule is O=C(c1ccncc1)N1N=C(c2ccccc2O)C[C@H]1c1ccc(O)cc1. The van der Waals surface area contributed by atoms with Crippen LogP contribution in [0.15, 0.2) is 78.2 Å². The van der Waals surface area contributed by atoms with Gasteiger partial charge in [0, 0.05) is 29.9 Å². The van der Waals surface area contributed by atoms with Crippen molar-refractivity contribution >= 4 is 11.6 Å². The molecule has 0 aliphatic carbocycles. The van der Waals surface area contributed by atoms with Crippen LogP contribution in [0.1, 0.15) is 33.9 Å². The van der Waals surface area contributed by atoms with Crippen molar-refractivity contribution in [3.8, 4) is 11.5 Å². The number of hydrazone groups is 1. The number of carbonyl (C=O) groups is 1. The Balaban J connectivity index is 1.75. The van der Waals surface area contributed by atoms with E-state index in [2.05, 4.69) is 10.1 Å². The Hall–Kier alpha value is -3.67. The third-order valence-corrected chi connectivity index (χ3v) is 4.54. The molecular weight excluding hydrogens is 342 g/mol. The molecule has 4 rings (SSSR count). The maximum atomic E-state index is 13.0. The van der Waals surface area contributed by atoms with E-state index < -0.39 is 0 Å². The molecule has 1 amide bonds. The normalized spacial score (nSPS) is 16.2. The molecule has 6 heteroatoms. The molecule has 0 saturated heterocycles. The smallest absolute Gasteiger partial charge is 0.274 e. The first-order valence-electron chi connectivity index (χ1n) is 8.52. The van der Waals surface area contributed by atoms with Gasteiger partial charge in [0.15, 0.2) is 0 Å². The van der Waals surface area contributed by atoms with Crippen LogP contribution in [-0.2, 0) is 0 Å². The van der Waals surface area contributed by atoms with Gasteiger partial charge in [0.1, 0.15) is 11.5 Å². The number of phenols is 2. The van der Waals surface area contributed by atoms with E-state index in [-0.39, 0.29) is 23.4 Å². The zero-order chi connectivity index (χ0) is 18.8. The minimum atomic E-state index is -0.333. The van der Waals surface area contributed by atoms with Crippen LogP contribution in [0.25, 0.3) is 0 Å². The summed E-state index contributed by atoms with van der Waals surface area (Å²) in [5.74, 6) is 0.0328. The second-order valence-corrected chi connectivity index (χ2v) is 6.26. The Kier molecular flexibility index (Phi) is 4.30. The quantitative estimate of drug-likeness (QED) is 0.750. The van der Waals surface area contributed by atoms with Gasteiger partial charge in [-0.1, -0.05) is 24.3 Å². The van der Waals surface area contributed by atoms with Gasteiger partial charge in [0.25, 0.3) is 5.91 Å². The molecule has 2 heterocycles. The van der Waals surface area contributed by atoms with Crippen molar-refractivity contribution in [2.75, 3.05) is 0 Å². The lowest BCUT2D eigenvalue weighted by Crippen LogP contribution is -2.27. The van der Waals surface area contributed by atoms with Crippen molar-refractivity contribution in [3.05, 3.63) is 89.7 Å². The topological polar surface area (TPSA) is 86.0 Å². The summed E-state index contributed by atoms with van der Waals surface area (Å²) >= 11 is 0. The van der Waals surface area contributed by atoms with Gasteiger partial charge in [0.2, 0.25) is 0 Å². The van der Waals surface area contributed by atoms with Crippen LogP contribution in [0.3, 0.4) is 0 Å². The van der Waals surface area contributed by atoms with Gasteiger partial charge in [-0.05, 0) is 42.0 Å². The maximum Gasteiger partial charge on any atom is 0.274 e. The summed E-state index contributed by atoms with van der Waals surface area (Å²) in [5, 5.41) is 25.7. The average Bonchev–Trinajstić information content (AvgIpc) is 3.14. The van der Waals surface area contributed by atoms with E-state index in [0.29, 0.717) is 23.3 Å². The van der Waals surface area contributed by atoms with Crippen molar-refractivity contribution in [3.63, 3.8) is 0 Å². The highest BCUT2D eigenvalue weighted by Gasteiger charge is 2.34. The number of phenolic OH excluding ortho intramolecular Hbond substituents is 2. The Labute approximate surface area is 156 Å². The maximum absolute atomic E-state index is 13.0. The first-order valence-corrected chi connectivity index (χ1v) is 8.52. The fourth-order valence-corrected chi connectivity index (χ4v) is 3.16. The summed E-state index contributed by atoms with van der Waals surface area (Å²) in [6.45, 7) is 0. The number of aromatic hydroxyl groups is 2. The highest BCUT2D eigenvalue weighted by atomic mass is 16.3. The van der Waals surface area contributed by atoms with E-state index in [4.69, 9.17) is 0 Å². The molecular formula is C21H17N3O3. The molecule has 0 bridgehead atoms. The largest absolute Gasteiger partial charge is 0.508 e. The number of amides is 1. The van der Waals surface area contributed by atoms with Gasteiger partial charge in [0.05, 0.1) is 11.8 Å². The summed E-state index contributed by atoms with van der Waals surface area (Å²) in [4.78, 5) is 17.0. The monoisotopic (exact) mass is 359 g/mol. The number of pyridine rings is 1. The second-order valence-electron chi connectivity index (χ2n) is 6.26. The van der Waals surface area contributed by atoms with Crippen LogP contribution in [0.4, 0.5) is 0 Å². The van der Waals surface area contributed by atoms with Crippen LogP contribution in [0.2, 0.25) is 0 Å². The molecule has 27 heavy (non-hydrogen) atoms.